The molecule has 0 radical (unpaired) electrons. The van der Waals surface area contributed by atoms with Crippen LogP contribution in [0.15, 0.2) is 24.4 Å². The van der Waals surface area contributed by atoms with Gasteiger partial charge in [0.25, 0.3) is 0 Å². The molecule has 0 saturated heterocycles. The Hall–Kier alpha value is -1.42. The first-order chi connectivity index (χ1) is 7.19. The molecule has 2 rings (SSSR count). The van der Waals surface area contributed by atoms with Gasteiger partial charge in [-0.2, -0.15) is 0 Å². The highest BCUT2D eigenvalue weighted by atomic mass is 16.3. The van der Waals surface area contributed by atoms with Crippen LogP contribution in [0, 0.1) is 5.41 Å². The maximum atomic E-state index is 12.0. The first-order valence-electron chi connectivity index (χ1n) is 5.00. The fourth-order valence-electron chi connectivity index (χ4n) is 1.60. The van der Waals surface area contributed by atoms with Crippen molar-refractivity contribution in [3.05, 3.63) is 24.4 Å². The van der Waals surface area contributed by atoms with Crippen LogP contribution in [0.4, 0.5) is 5.82 Å². The van der Waals surface area contributed by atoms with Gasteiger partial charge in [0, 0.05) is 13.2 Å². The first-order valence-corrected chi connectivity index (χ1v) is 5.00. The number of hydrogen-bond donors (Lipinski definition) is 1. The Kier molecular flexibility index (Phi) is 2.44. The number of amides is 1. The molecule has 1 aromatic heterocycles. The lowest BCUT2D eigenvalue weighted by atomic mass is 10.1. The molecular formula is C11H14N2O2. The second kappa shape index (κ2) is 3.62. The van der Waals surface area contributed by atoms with Gasteiger partial charge in [0.1, 0.15) is 5.82 Å². The number of pyridine rings is 1. The van der Waals surface area contributed by atoms with Crippen LogP contribution in [0.5, 0.6) is 0 Å². The minimum Gasteiger partial charge on any atom is -0.395 e. The van der Waals surface area contributed by atoms with Crippen LogP contribution in [-0.4, -0.2) is 29.7 Å². The normalized spacial score (nSPS) is 17.2. The van der Waals surface area contributed by atoms with Gasteiger partial charge in [0.15, 0.2) is 0 Å². The molecule has 0 aliphatic heterocycles. The van der Waals surface area contributed by atoms with Crippen molar-refractivity contribution in [2.75, 3.05) is 18.6 Å². The van der Waals surface area contributed by atoms with E-state index in [4.69, 9.17) is 5.11 Å². The van der Waals surface area contributed by atoms with Crippen LogP contribution in [-0.2, 0) is 4.79 Å². The second-order valence-corrected chi connectivity index (χ2v) is 3.99. The molecule has 4 heteroatoms. The third kappa shape index (κ3) is 1.72. The molecule has 1 N–H and O–H groups in total. The Bertz CT molecular complexity index is 360. The zero-order chi connectivity index (χ0) is 10.9. The summed E-state index contributed by atoms with van der Waals surface area (Å²) in [5, 5.41) is 9.15. The van der Waals surface area contributed by atoms with E-state index in [0.29, 0.717) is 5.82 Å². The number of rotatable bonds is 3. The van der Waals surface area contributed by atoms with E-state index in [1.165, 1.54) is 4.90 Å². The molecule has 1 amide bonds. The Morgan fingerprint density at radius 3 is 2.80 bits per heavy atom. The Balaban J connectivity index is 2.15. The number of anilines is 1. The third-order valence-electron chi connectivity index (χ3n) is 2.91. The van der Waals surface area contributed by atoms with E-state index < -0.39 is 5.41 Å². The van der Waals surface area contributed by atoms with E-state index in [1.807, 2.05) is 6.07 Å². The van der Waals surface area contributed by atoms with Gasteiger partial charge in [0.05, 0.1) is 12.0 Å². The first kappa shape index (κ1) is 10.1. The van der Waals surface area contributed by atoms with Crippen LogP contribution >= 0.6 is 0 Å². The fraction of sp³-hybridized carbons (Fsp3) is 0.455. The summed E-state index contributed by atoms with van der Waals surface area (Å²) in [5.74, 6) is 0.589. The van der Waals surface area contributed by atoms with Crippen LogP contribution in [0.1, 0.15) is 12.8 Å². The summed E-state index contributed by atoms with van der Waals surface area (Å²) in [4.78, 5) is 17.6. The SMILES string of the molecule is CN(C(=O)C1(CO)CC1)c1ccccn1. The molecular weight excluding hydrogens is 192 g/mol. The topological polar surface area (TPSA) is 53.4 Å². The zero-order valence-electron chi connectivity index (χ0n) is 8.68. The summed E-state index contributed by atoms with van der Waals surface area (Å²) >= 11 is 0. The molecule has 0 aromatic carbocycles. The van der Waals surface area contributed by atoms with E-state index in [-0.39, 0.29) is 12.5 Å². The van der Waals surface area contributed by atoms with E-state index >= 15 is 0 Å². The highest BCUT2D eigenvalue weighted by Gasteiger charge is 2.51. The molecule has 80 valence electrons. The molecule has 1 aliphatic carbocycles. The van der Waals surface area contributed by atoms with Crippen LogP contribution in [0.2, 0.25) is 0 Å². The molecule has 0 atom stereocenters. The van der Waals surface area contributed by atoms with Crippen molar-refractivity contribution >= 4 is 11.7 Å². The van der Waals surface area contributed by atoms with Gasteiger partial charge in [-0.25, -0.2) is 4.98 Å². The predicted molar refractivity (Wildman–Crippen MR) is 56.4 cm³/mol. The summed E-state index contributed by atoms with van der Waals surface area (Å²) < 4.78 is 0. The standard InChI is InChI=1S/C11H14N2O2/c1-13(9-4-2-3-7-12-9)10(15)11(8-14)5-6-11/h2-4,7,14H,5-6,8H2,1H3. The van der Waals surface area contributed by atoms with Gasteiger partial charge in [-0.15, -0.1) is 0 Å². The zero-order valence-corrected chi connectivity index (χ0v) is 8.68. The maximum absolute atomic E-state index is 12.0. The lowest BCUT2D eigenvalue weighted by Crippen LogP contribution is -2.36. The molecule has 1 heterocycles. The average Bonchev–Trinajstić information content (AvgIpc) is 3.09. The summed E-state index contributed by atoms with van der Waals surface area (Å²) in [6.45, 7) is -0.0665. The van der Waals surface area contributed by atoms with Gasteiger partial charge < -0.3 is 5.11 Å². The Labute approximate surface area is 88.6 Å². The Morgan fingerprint density at radius 1 is 1.60 bits per heavy atom. The summed E-state index contributed by atoms with van der Waals surface area (Å²) in [6, 6.07) is 5.43. The lowest BCUT2D eigenvalue weighted by molar-refractivity contribution is -0.124. The maximum Gasteiger partial charge on any atom is 0.236 e. The number of aliphatic hydroxyl groups is 1. The highest BCUT2D eigenvalue weighted by molar-refractivity contribution is 5.98. The smallest absolute Gasteiger partial charge is 0.236 e. The van der Waals surface area contributed by atoms with Gasteiger partial charge in [-0.1, -0.05) is 6.07 Å². The number of aromatic nitrogens is 1. The van der Waals surface area contributed by atoms with Crippen LogP contribution in [0.25, 0.3) is 0 Å². The quantitative estimate of drug-likeness (QED) is 0.796. The molecule has 1 aliphatic rings. The molecule has 0 bridgehead atoms. The number of carbonyl (C=O) groups is 1. The summed E-state index contributed by atoms with van der Waals surface area (Å²) in [7, 11) is 1.69. The van der Waals surface area contributed by atoms with Gasteiger partial charge in [-0.05, 0) is 25.0 Å². The minimum atomic E-state index is -0.522. The number of hydrogen-bond acceptors (Lipinski definition) is 3. The third-order valence-corrected chi connectivity index (χ3v) is 2.91. The largest absolute Gasteiger partial charge is 0.395 e. The van der Waals surface area contributed by atoms with E-state index in [9.17, 15) is 4.79 Å². The van der Waals surface area contributed by atoms with Crippen molar-refractivity contribution in [1.82, 2.24) is 4.98 Å². The number of nitrogens with zero attached hydrogens (tertiary/aromatic N) is 2. The molecule has 1 aromatic rings. The van der Waals surface area contributed by atoms with Crippen LogP contribution < -0.4 is 4.90 Å². The summed E-state index contributed by atoms with van der Waals surface area (Å²) in [6.07, 6.45) is 3.21. The second-order valence-electron chi connectivity index (χ2n) is 3.99. The molecule has 1 saturated carbocycles. The lowest BCUT2D eigenvalue weighted by Gasteiger charge is -2.21. The number of aliphatic hydroxyl groups excluding tert-OH is 1. The van der Waals surface area contributed by atoms with Crippen LogP contribution in [0.3, 0.4) is 0 Å². The summed E-state index contributed by atoms with van der Waals surface area (Å²) in [5.41, 5.74) is -0.522. The minimum absolute atomic E-state index is 0.0382. The van der Waals surface area contributed by atoms with E-state index in [1.54, 1.807) is 25.4 Å². The predicted octanol–water partition coefficient (Wildman–Crippen LogP) is 0.817. The van der Waals surface area contributed by atoms with Crippen molar-refractivity contribution in [3.63, 3.8) is 0 Å². The average molecular weight is 206 g/mol. The van der Waals surface area contributed by atoms with Crippen molar-refractivity contribution in [2.24, 2.45) is 5.41 Å². The van der Waals surface area contributed by atoms with Gasteiger partial charge in [-0.3, -0.25) is 9.69 Å². The van der Waals surface area contributed by atoms with Crippen molar-refractivity contribution in [1.29, 1.82) is 0 Å². The van der Waals surface area contributed by atoms with Crippen molar-refractivity contribution < 1.29 is 9.90 Å². The van der Waals surface area contributed by atoms with E-state index in [2.05, 4.69) is 4.98 Å². The van der Waals surface area contributed by atoms with E-state index in [0.717, 1.165) is 12.8 Å². The van der Waals surface area contributed by atoms with Gasteiger partial charge in [0.2, 0.25) is 5.91 Å². The molecule has 1 fully saturated rings. The molecule has 4 nitrogen and oxygen atoms in total. The molecule has 15 heavy (non-hydrogen) atoms. The fourth-order valence-corrected chi connectivity index (χ4v) is 1.60. The monoisotopic (exact) mass is 206 g/mol. The van der Waals surface area contributed by atoms with Crippen molar-refractivity contribution in [3.8, 4) is 0 Å². The Morgan fingerprint density at radius 2 is 2.33 bits per heavy atom. The molecule has 0 unspecified atom stereocenters. The number of carbonyl (C=O) groups excluding carboxylic acids is 1. The highest BCUT2D eigenvalue weighted by Crippen LogP contribution is 2.46. The van der Waals surface area contributed by atoms with Crippen molar-refractivity contribution in [2.45, 2.75) is 12.8 Å². The van der Waals surface area contributed by atoms with Gasteiger partial charge >= 0.3 is 0 Å². The molecule has 0 spiro atoms.